The zero-order chi connectivity index (χ0) is 22.1. The highest BCUT2D eigenvalue weighted by molar-refractivity contribution is 5.19. The number of tetrazole rings is 1. The number of hydrogen-bond donors (Lipinski definition) is 1. The summed E-state index contributed by atoms with van der Waals surface area (Å²) in [7, 11) is 0. The van der Waals surface area contributed by atoms with Crippen LogP contribution in [0.15, 0.2) is 42.5 Å². The Morgan fingerprint density at radius 3 is 2.88 bits per heavy atom. The summed E-state index contributed by atoms with van der Waals surface area (Å²) < 4.78 is 40.7. The molecule has 2 aliphatic rings. The van der Waals surface area contributed by atoms with Crippen molar-refractivity contribution in [3.63, 3.8) is 0 Å². The molecule has 5 rings (SSSR count). The van der Waals surface area contributed by atoms with E-state index >= 15 is 0 Å². The highest BCUT2D eigenvalue weighted by Gasteiger charge is 2.53. The van der Waals surface area contributed by atoms with Crippen LogP contribution in [0.5, 0.6) is 0 Å². The van der Waals surface area contributed by atoms with E-state index in [-0.39, 0.29) is 17.8 Å². The third-order valence-corrected chi connectivity index (χ3v) is 6.15. The molecule has 2 bridgehead atoms. The summed E-state index contributed by atoms with van der Waals surface area (Å²) in [5.74, 6) is -0.278. The molecule has 2 fully saturated rings. The van der Waals surface area contributed by atoms with E-state index in [1.54, 1.807) is 28.9 Å². The Balaban J connectivity index is 1.43. The van der Waals surface area contributed by atoms with Gasteiger partial charge in [-0.1, -0.05) is 25.1 Å². The van der Waals surface area contributed by atoms with Crippen LogP contribution in [0, 0.1) is 11.8 Å². The van der Waals surface area contributed by atoms with E-state index in [2.05, 4.69) is 25.8 Å². The summed E-state index contributed by atoms with van der Waals surface area (Å²) in [6.07, 6.45) is 1.01. The fraction of sp³-hybridized carbons (Fsp3) is 0.455. The molecule has 0 amide bonds. The fourth-order valence-electron chi connectivity index (χ4n) is 4.36. The van der Waals surface area contributed by atoms with Gasteiger partial charge in [0.2, 0.25) is 5.95 Å². The van der Waals surface area contributed by atoms with Gasteiger partial charge < -0.3 is 9.47 Å². The third-order valence-electron chi connectivity index (χ3n) is 6.15. The van der Waals surface area contributed by atoms with E-state index in [1.807, 2.05) is 6.92 Å². The molecule has 1 N–H and O–H groups in total. The van der Waals surface area contributed by atoms with Gasteiger partial charge in [-0.25, -0.2) is 14.1 Å². The Labute approximate surface area is 183 Å². The number of halogens is 2. The van der Waals surface area contributed by atoms with Gasteiger partial charge in [-0.3, -0.25) is 5.32 Å². The van der Waals surface area contributed by atoms with Crippen LogP contribution in [0.25, 0.3) is 0 Å². The van der Waals surface area contributed by atoms with Gasteiger partial charge in [0.05, 0.1) is 19.3 Å². The second-order valence-corrected chi connectivity index (χ2v) is 8.39. The molecular weight excluding hydrogens is 418 g/mol. The second-order valence-electron chi connectivity index (χ2n) is 8.39. The zero-order valence-electron chi connectivity index (χ0n) is 17.6. The van der Waals surface area contributed by atoms with Crippen molar-refractivity contribution < 1.29 is 18.3 Å². The molecule has 32 heavy (non-hydrogen) atoms. The van der Waals surface area contributed by atoms with Crippen LogP contribution in [0.2, 0.25) is 0 Å². The number of nitrogens with zero attached hydrogens (tertiary/aromatic N) is 5. The molecule has 1 aromatic carbocycles. The number of fused-ring (bicyclic) bond motifs is 2. The van der Waals surface area contributed by atoms with Crippen molar-refractivity contribution in [3.8, 4) is 0 Å². The van der Waals surface area contributed by atoms with E-state index in [0.717, 1.165) is 18.4 Å². The topological polar surface area (TPSA) is 87.0 Å². The molecule has 10 heteroatoms. The van der Waals surface area contributed by atoms with Gasteiger partial charge in [0.25, 0.3) is 0 Å². The molecule has 2 aliphatic heterocycles. The van der Waals surface area contributed by atoms with Crippen LogP contribution in [-0.2, 0) is 21.6 Å². The first kappa shape index (κ1) is 21.0. The van der Waals surface area contributed by atoms with Crippen molar-refractivity contribution in [2.24, 2.45) is 0 Å². The SMILES string of the molecule is CC(CNC1(c2nnnn2Cc2ccc(F)cc2)CC[C@H]2CO[C@@H]1O2)c1cccc(F)n1. The smallest absolute Gasteiger partial charge is 0.213 e. The van der Waals surface area contributed by atoms with Crippen LogP contribution in [0.1, 0.15) is 42.8 Å². The van der Waals surface area contributed by atoms with Crippen LogP contribution in [0.3, 0.4) is 0 Å². The van der Waals surface area contributed by atoms with Gasteiger partial charge in [0.1, 0.15) is 11.4 Å². The van der Waals surface area contributed by atoms with Crippen LogP contribution >= 0.6 is 0 Å². The first-order chi connectivity index (χ1) is 15.5. The normalized spacial score (nSPS) is 25.7. The molecule has 0 radical (unpaired) electrons. The van der Waals surface area contributed by atoms with Crippen LogP contribution < -0.4 is 5.32 Å². The predicted octanol–water partition coefficient (Wildman–Crippen LogP) is 2.52. The Bertz CT molecular complexity index is 1080. The summed E-state index contributed by atoms with van der Waals surface area (Å²) in [6, 6.07) is 11.0. The maximum atomic E-state index is 13.6. The Morgan fingerprint density at radius 1 is 1.22 bits per heavy atom. The van der Waals surface area contributed by atoms with Gasteiger partial charge in [-0.05, 0) is 53.1 Å². The quantitative estimate of drug-likeness (QED) is 0.563. The number of hydrogen-bond acceptors (Lipinski definition) is 7. The molecule has 2 unspecified atom stereocenters. The van der Waals surface area contributed by atoms with Gasteiger partial charge in [-0.2, -0.15) is 4.39 Å². The minimum atomic E-state index is -0.780. The monoisotopic (exact) mass is 442 g/mol. The minimum Gasteiger partial charge on any atom is -0.348 e. The predicted molar refractivity (Wildman–Crippen MR) is 109 cm³/mol. The third kappa shape index (κ3) is 4.01. The lowest BCUT2D eigenvalue weighted by Gasteiger charge is -2.40. The number of ether oxygens (including phenoxy) is 2. The molecule has 0 saturated carbocycles. The molecule has 8 nitrogen and oxygen atoms in total. The number of rotatable bonds is 7. The summed E-state index contributed by atoms with van der Waals surface area (Å²) in [5.41, 5.74) is 0.743. The molecule has 0 spiro atoms. The maximum Gasteiger partial charge on any atom is 0.213 e. The number of benzene rings is 1. The average molecular weight is 442 g/mol. The molecule has 0 aliphatic carbocycles. The maximum absolute atomic E-state index is 13.6. The Hall–Kier alpha value is -2.82. The van der Waals surface area contributed by atoms with Gasteiger partial charge in [-0.15, -0.1) is 5.10 Å². The largest absolute Gasteiger partial charge is 0.348 e. The molecule has 4 atom stereocenters. The van der Waals surface area contributed by atoms with E-state index in [9.17, 15) is 8.78 Å². The van der Waals surface area contributed by atoms with Crippen molar-refractivity contribution in [1.82, 2.24) is 30.5 Å². The van der Waals surface area contributed by atoms with Crippen molar-refractivity contribution in [3.05, 3.63) is 71.3 Å². The molecule has 2 aromatic heterocycles. The first-order valence-corrected chi connectivity index (χ1v) is 10.7. The molecular formula is C22H24F2N6O2. The van der Waals surface area contributed by atoms with E-state index in [0.29, 0.717) is 31.2 Å². The van der Waals surface area contributed by atoms with E-state index in [1.165, 1.54) is 18.2 Å². The second kappa shape index (κ2) is 8.61. The summed E-state index contributed by atoms with van der Waals surface area (Å²) in [4.78, 5) is 4.00. The lowest BCUT2D eigenvalue weighted by Crippen LogP contribution is -2.56. The summed E-state index contributed by atoms with van der Waals surface area (Å²) >= 11 is 0. The zero-order valence-corrected chi connectivity index (χ0v) is 17.6. The number of pyridine rings is 1. The van der Waals surface area contributed by atoms with E-state index < -0.39 is 17.8 Å². The highest BCUT2D eigenvalue weighted by Crippen LogP contribution is 2.41. The van der Waals surface area contributed by atoms with Gasteiger partial charge in [0, 0.05) is 18.2 Å². The van der Waals surface area contributed by atoms with Crippen molar-refractivity contribution in [2.75, 3.05) is 13.2 Å². The van der Waals surface area contributed by atoms with E-state index in [4.69, 9.17) is 9.47 Å². The Kier molecular flexibility index (Phi) is 5.66. The average Bonchev–Trinajstić information content (AvgIpc) is 3.43. The molecule has 4 heterocycles. The summed E-state index contributed by atoms with van der Waals surface area (Å²) in [6.45, 7) is 3.37. The van der Waals surface area contributed by atoms with Crippen LogP contribution in [-0.4, -0.2) is 50.7 Å². The van der Waals surface area contributed by atoms with Crippen molar-refractivity contribution in [2.45, 2.75) is 50.2 Å². The highest BCUT2D eigenvalue weighted by atomic mass is 19.1. The lowest BCUT2D eigenvalue weighted by molar-refractivity contribution is -0.151. The lowest BCUT2D eigenvalue weighted by atomic mass is 9.87. The molecule has 3 aromatic rings. The molecule has 168 valence electrons. The van der Waals surface area contributed by atoms with Crippen molar-refractivity contribution in [1.29, 1.82) is 0 Å². The Morgan fingerprint density at radius 2 is 2.06 bits per heavy atom. The van der Waals surface area contributed by atoms with Crippen LogP contribution in [0.4, 0.5) is 8.78 Å². The van der Waals surface area contributed by atoms with Crippen molar-refractivity contribution >= 4 is 0 Å². The molecule has 2 saturated heterocycles. The fourth-order valence-corrected chi connectivity index (χ4v) is 4.36. The standard InChI is InChI=1S/C22H24F2N6O2/c1-14(18-3-2-4-19(24)26-18)11-25-22(10-9-17-13-31-21(22)32-17)20-27-28-29-30(20)12-15-5-7-16(23)8-6-15/h2-8,14,17,21,25H,9-13H2,1H3/t14?,17-,21+,22?/m0/s1. The first-order valence-electron chi connectivity index (χ1n) is 10.7. The summed E-state index contributed by atoms with van der Waals surface area (Å²) in [5, 5.41) is 16.0. The number of aromatic nitrogens is 5. The van der Waals surface area contributed by atoms with Gasteiger partial charge >= 0.3 is 0 Å². The number of nitrogens with one attached hydrogen (secondary N) is 1. The van der Waals surface area contributed by atoms with Gasteiger partial charge in [0.15, 0.2) is 12.1 Å². The minimum absolute atomic E-state index is 0.0543.